The predicted molar refractivity (Wildman–Crippen MR) is 48.0 cm³/mol. The van der Waals surface area contributed by atoms with Crippen molar-refractivity contribution in [2.24, 2.45) is 0 Å². The molecule has 0 fully saturated rings. The number of rotatable bonds is 0. The van der Waals surface area contributed by atoms with Crippen LogP contribution in [0, 0.1) is 14.9 Å². The van der Waals surface area contributed by atoms with Crippen LogP contribution >= 0.6 is 0 Å². The van der Waals surface area contributed by atoms with Crippen molar-refractivity contribution in [3.8, 4) is 0 Å². The van der Waals surface area contributed by atoms with Gasteiger partial charge >= 0.3 is 49.8 Å². The minimum atomic E-state index is -5.84. The van der Waals surface area contributed by atoms with Crippen LogP contribution in [0.15, 0.2) is 0 Å². The summed E-state index contributed by atoms with van der Waals surface area (Å²) in [6.07, 6.45) is 0. The summed E-state index contributed by atoms with van der Waals surface area (Å²) in [6.45, 7) is 0. The maximum Gasteiger partial charge on any atom is 2.00 e. The van der Waals surface area contributed by atoms with Crippen molar-refractivity contribution in [2.75, 3.05) is 0 Å². The molecule has 0 bridgehead atoms. The van der Waals surface area contributed by atoms with Crippen LogP contribution in [0.5, 0.6) is 0 Å². The van der Waals surface area contributed by atoms with E-state index in [1.165, 1.54) is 0 Å². The minimum Gasteiger partial charge on any atom is -0.358 e. The van der Waals surface area contributed by atoms with Gasteiger partial charge in [-0.1, -0.05) is 0 Å². The summed E-state index contributed by atoms with van der Waals surface area (Å²) in [7, 11) is -11.7. The monoisotopic (exact) mass is 381 g/mol. The Morgan fingerprint density at radius 2 is 0.684 bits per heavy atom. The summed E-state index contributed by atoms with van der Waals surface area (Å²) in [4.78, 5) is 0. The van der Waals surface area contributed by atoms with Gasteiger partial charge in [-0.15, -0.1) is 0 Å². The van der Waals surface area contributed by atoms with Crippen molar-refractivity contribution in [1.29, 1.82) is 0 Å². The van der Waals surface area contributed by atoms with Gasteiger partial charge in [-0.2, -0.15) is 43.2 Å². The zero-order valence-corrected chi connectivity index (χ0v) is 12.1. The van der Waals surface area contributed by atoms with Gasteiger partial charge in [0.25, 0.3) is 0 Å². The van der Waals surface area contributed by atoms with E-state index in [0.717, 1.165) is 0 Å². The van der Waals surface area contributed by atoms with E-state index in [2.05, 4.69) is 0 Å². The van der Waals surface area contributed by atoms with Gasteiger partial charge in [-0.3, -0.25) is 9.11 Å². The molecule has 0 aromatic carbocycles. The molecule has 0 aromatic heterocycles. The van der Waals surface area contributed by atoms with Crippen molar-refractivity contribution in [3.63, 3.8) is 0 Å². The van der Waals surface area contributed by atoms with Crippen LogP contribution in [-0.2, 0) is 38.8 Å². The molecule has 0 amide bonds. The van der Waals surface area contributed by atoms with E-state index < -0.39 is 31.3 Å². The molecule has 0 aliphatic carbocycles. The molecule has 2 N–H and O–H groups in total. The molecule has 1 radical (unpaired) electrons. The fraction of sp³-hybridized carbons (Fsp3) is 0.500. The quantitative estimate of drug-likeness (QED) is 0.286. The Balaban J connectivity index is -0.0000000594. The van der Waals surface area contributed by atoms with Gasteiger partial charge in [0.2, 0.25) is 0 Å². The summed E-state index contributed by atoms with van der Waals surface area (Å²) in [5.74, 6) is 0. The van der Waals surface area contributed by atoms with Crippen LogP contribution in [-0.4, -0.2) is 37.0 Å². The van der Waals surface area contributed by atoms with Crippen LogP contribution in [0.4, 0.5) is 26.3 Å². The zero-order chi connectivity index (χ0) is 14.0. The predicted octanol–water partition coefficient (Wildman–Crippen LogP) is 1.69. The smallest absolute Gasteiger partial charge is 0.358 e. The molecular formula is C4H8F6O6S2V. The average Bonchev–Trinajstić information content (AvgIpc) is 1.77. The van der Waals surface area contributed by atoms with E-state index in [1.807, 2.05) is 0 Å². The van der Waals surface area contributed by atoms with Crippen LogP contribution in [0.25, 0.3) is 0 Å². The molecule has 19 heavy (non-hydrogen) atoms. The van der Waals surface area contributed by atoms with Crippen molar-refractivity contribution in [3.05, 3.63) is 14.9 Å². The second-order valence-corrected chi connectivity index (χ2v) is 4.67. The van der Waals surface area contributed by atoms with Gasteiger partial charge in [-0.05, 0) is 0 Å². The second-order valence-electron chi connectivity index (χ2n) is 1.84. The number of hydrogen-bond acceptors (Lipinski definition) is 4. The van der Waals surface area contributed by atoms with Gasteiger partial charge in [0, 0.05) is 0 Å². The molecule has 0 saturated carbocycles. The molecule has 119 valence electrons. The molecular weight excluding hydrogens is 373 g/mol. The first-order valence-electron chi connectivity index (χ1n) is 2.57. The van der Waals surface area contributed by atoms with Crippen molar-refractivity contribution in [1.82, 2.24) is 0 Å². The van der Waals surface area contributed by atoms with E-state index in [0.29, 0.717) is 0 Å². The van der Waals surface area contributed by atoms with Crippen LogP contribution in [0.3, 0.4) is 0 Å². The standard InChI is InChI=1S/2CHF3O3S.2CH3.V/c2*2-1(3,4)8(5,6)7;;;/h2*(H,5,6,7);2*1H3;/q;;2*-1;+2. The third kappa shape index (κ3) is 14.2. The van der Waals surface area contributed by atoms with E-state index in [9.17, 15) is 26.3 Å². The molecule has 0 rings (SSSR count). The van der Waals surface area contributed by atoms with Gasteiger partial charge in [0.05, 0.1) is 0 Å². The molecule has 0 aromatic rings. The van der Waals surface area contributed by atoms with Gasteiger partial charge in [0.15, 0.2) is 0 Å². The molecule has 0 heterocycles. The largest absolute Gasteiger partial charge is 2.00 e. The summed E-state index contributed by atoms with van der Waals surface area (Å²) in [5, 5.41) is 0. The van der Waals surface area contributed by atoms with Gasteiger partial charge < -0.3 is 14.9 Å². The Labute approximate surface area is 117 Å². The first-order chi connectivity index (χ1) is 6.50. The van der Waals surface area contributed by atoms with E-state index in [4.69, 9.17) is 25.9 Å². The minimum absolute atomic E-state index is 0. The number of hydrogen-bond donors (Lipinski definition) is 2. The number of halogens is 6. The maximum absolute atomic E-state index is 10.7. The molecule has 15 heteroatoms. The van der Waals surface area contributed by atoms with Crippen LogP contribution in [0.1, 0.15) is 0 Å². The number of alkyl halides is 6. The van der Waals surface area contributed by atoms with E-state index in [1.54, 1.807) is 0 Å². The average molecular weight is 381 g/mol. The molecule has 0 atom stereocenters. The molecule has 0 unspecified atom stereocenters. The molecule has 0 saturated heterocycles. The fourth-order valence-electron chi connectivity index (χ4n) is 0. The molecule has 0 aliphatic rings. The van der Waals surface area contributed by atoms with Crippen molar-refractivity contribution in [2.45, 2.75) is 11.0 Å². The van der Waals surface area contributed by atoms with E-state index >= 15 is 0 Å². The maximum atomic E-state index is 10.7. The Bertz CT molecular complexity index is 380. The summed E-state index contributed by atoms with van der Waals surface area (Å²) >= 11 is 0. The zero-order valence-electron chi connectivity index (χ0n) is 9.06. The molecule has 6 nitrogen and oxygen atoms in total. The molecule has 0 aliphatic heterocycles. The summed E-state index contributed by atoms with van der Waals surface area (Å²) in [6, 6.07) is 0. The topological polar surface area (TPSA) is 109 Å². The van der Waals surface area contributed by atoms with Crippen LogP contribution in [0.2, 0.25) is 0 Å². The normalized spacial score (nSPS) is 11.8. The second kappa shape index (κ2) is 9.02. The van der Waals surface area contributed by atoms with Gasteiger partial charge in [0.1, 0.15) is 0 Å². The van der Waals surface area contributed by atoms with Crippen LogP contribution < -0.4 is 0 Å². The van der Waals surface area contributed by atoms with Gasteiger partial charge in [-0.25, -0.2) is 0 Å². The van der Waals surface area contributed by atoms with Crippen molar-refractivity contribution >= 4 is 20.2 Å². The molecule has 0 spiro atoms. The first kappa shape index (κ1) is 31.4. The summed E-state index contributed by atoms with van der Waals surface area (Å²) < 4.78 is 115. The fourth-order valence-corrected chi connectivity index (χ4v) is 0. The SMILES string of the molecule is O=S(=O)(O)C(F)(F)F.O=S(=O)(O)C(F)(F)F.[CH3-].[CH3-].[V+2]. The Morgan fingerprint density at radius 1 is 0.632 bits per heavy atom. The van der Waals surface area contributed by atoms with E-state index in [-0.39, 0.29) is 33.4 Å². The third-order valence-corrected chi connectivity index (χ3v) is 1.75. The Morgan fingerprint density at radius 3 is 0.684 bits per heavy atom. The Kier molecular flexibility index (Phi) is 14.9. The third-order valence-electron chi connectivity index (χ3n) is 0.585. The first-order valence-corrected chi connectivity index (χ1v) is 5.45. The Hall–Kier alpha value is -0.0156. The van der Waals surface area contributed by atoms with Crippen molar-refractivity contribution < 1.29 is 70.8 Å². The summed E-state index contributed by atoms with van der Waals surface area (Å²) in [5.41, 5.74) is -11.1.